The zero-order valence-corrected chi connectivity index (χ0v) is 7.29. The number of nitrogens with zero attached hydrogens (tertiary/aromatic N) is 1. The minimum atomic E-state index is -0.835. The van der Waals surface area contributed by atoms with Crippen LogP contribution in [-0.2, 0) is 0 Å². The van der Waals surface area contributed by atoms with Gasteiger partial charge in [0.25, 0.3) is 0 Å². The van der Waals surface area contributed by atoms with E-state index in [-0.39, 0.29) is 5.75 Å². The number of oxazole rings is 1. The molecule has 0 aliphatic rings. The second kappa shape index (κ2) is 3.51. The number of aliphatic hydroxyl groups excluding tert-OH is 1. The molecule has 0 saturated heterocycles. The number of rotatable bonds is 2. The minimum absolute atomic E-state index is 0.165. The fraction of sp³-hybridized carbons (Fsp3) is 0.100. The van der Waals surface area contributed by atoms with E-state index in [9.17, 15) is 5.11 Å². The van der Waals surface area contributed by atoms with Crippen LogP contribution in [0.15, 0.2) is 41.3 Å². The third kappa shape index (κ3) is 1.60. The van der Waals surface area contributed by atoms with Crippen molar-refractivity contribution in [1.82, 2.24) is 4.98 Å². The smallest absolute Gasteiger partial charge is 0.181 e. The maximum Gasteiger partial charge on any atom is 0.181 e. The number of benzene rings is 1. The number of aromatic hydroxyl groups is 1. The maximum atomic E-state index is 9.76. The summed E-state index contributed by atoms with van der Waals surface area (Å²) in [4.78, 5) is 3.71. The Morgan fingerprint density at radius 3 is 2.50 bits per heavy atom. The molecular weight excluding hydrogens is 182 g/mol. The van der Waals surface area contributed by atoms with E-state index in [2.05, 4.69) is 4.98 Å². The van der Waals surface area contributed by atoms with E-state index >= 15 is 0 Å². The number of phenolic OH excluding ortho intramolecular Hbond substituents is 1. The molecule has 0 aliphatic heterocycles. The van der Waals surface area contributed by atoms with Gasteiger partial charge in [-0.25, -0.2) is 4.98 Å². The van der Waals surface area contributed by atoms with Crippen LogP contribution < -0.4 is 0 Å². The van der Waals surface area contributed by atoms with Crippen molar-refractivity contribution >= 4 is 0 Å². The Kier molecular flexibility index (Phi) is 2.20. The molecule has 1 aromatic carbocycles. The lowest BCUT2D eigenvalue weighted by molar-refractivity contribution is 0.189. The van der Waals surface area contributed by atoms with E-state index in [4.69, 9.17) is 9.52 Å². The van der Waals surface area contributed by atoms with Crippen LogP contribution in [0.1, 0.15) is 17.4 Å². The summed E-state index contributed by atoms with van der Waals surface area (Å²) in [6.07, 6.45) is 1.88. The van der Waals surface area contributed by atoms with Gasteiger partial charge in [-0.1, -0.05) is 12.1 Å². The van der Waals surface area contributed by atoms with Crippen molar-refractivity contribution in [3.63, 3.8) is 0 Å². The molecule has 1 unspecified atom stereocenters. The standard InChI is InChI=1S/C10H9NO3/c12-8-3-1-7(2-4-8)10(13)9-5-11-6-14-9/h1-6,10,12-13H. The molecule has 0 fully saturated rings. The number of aromatic nitrogens is 1. The van der Waals surface area contributed by atoms with Gasteiger partial charge in [0.2, 0.25) is 0 Å². The molecule has 1 aromatic heterocycles. The van der Waals surface area contributed by atoms with Crippen molar-refractivity contribution in [2.24, 2.45) is 0 Å². The van der Waals surface area contributed by atoms with Gasteiger partial charge in [0.15, 0.2) is 12.2 Å². The van der Waals surface area contributed by atoms with Crippen LogP contribution in [0.3, 0.4) is 0 Å². The van der Waals surface area contributed by atoms with Gasteiger partial charge in [-0.3, -0.25) is 0 Å². The third-order valence-corrected chi connectivity index (χ3v) is 1.93. The maximum absolute atomic E-state index is 9.76. The Balaban J connectivity index is 2.28. The first kappa shape index (κ1) is 8.77. The van der Waals surface area contributed by atoms with E-state index in [1.54, 1.807) is 12.1 Å². The Bertz CT molecular complexity index is 394. The summed E-state index contributed by atoms with van der Waals surface area (Å²) in [7, 11) is 0. The van der Waals surface area contributed by atoms with Crippen LogP contribution in [0.4, 0.5) is 0 Å². The lowest BCUT2D eigenvalue weighted by atomic mass is 10.1. The molecule has 0 saturated carbocycles. The Hall–Kier alpha value is -1.81. The van der Waals surface area contributed by atoms with Crippen LogP contribution in [0.5, 0.6) is 5.75 Å². The van der Waals surface area contributed by atoms with Crippen molar-refractivity contribution < 1.29 is 14.6 Å². The van der Waals surface area contributed by atoms with Crippen LogP contribution in [0.25, 0.3) is 0 Å². The van der Waals surface area contributed by atoms with Crippen molar-refractivity contribution in [1.29, 1.82) is 0 Å². The molecule has 1 atom stereocenters. The van der Waals surface area contributed by atoms with Gasteiger partial charge in [0, 0.05) is 0 Å². The molecule has 0 bridgehead atoms. The Labute approximate surface area is 80.5 Å². The highest BCUT2D eigenvalue weighted by Crippen LogP contribution is 2.22. The van der Waals surface area contributed by atoms with E-state index in [0.29, 0.717) is 11.3 Å². The minimum Gasteiger partial charge on any atom is -0.508 e. The summed E-state index contributed by atoms with van der Waals surface area (Å²) in [6.45, 7) is 0. The van der Waals surface area contributed by atoms with Crippen molar-refractivity contribution in [2.75, 3.05) is 0 Å². The van der Waals surface area contributed by atoms with Gasteiger partial charge in [0.1, 0.15) is 11.9 Å². The molecule has 0 radical (unpaired) electrons. The van der Waals surface area contributed by atoms with Gasteiger partial charge in [-0.2, -0.15) is 0 Å². The summed E-state index contributed by atoms with van der Waals surface area (Å²) in [5, 5.41) is 18.8. The van der Waals surface area contributed by atoms with E-state index < -0.39 is 6.10 Å². The van der Waals surface area contributed by atoms with Crippen molar-refractivity contribution in [3.8, 4) is 5.75 Å². The van der Waals surface area contributed by atoms with Crippen LogP contribution in [-0.4, -0.2) is 15.2 Å². The second-order valence-corrected chi connectivity index (χ2v) is 2.90. The summed E-state index contributed by atoms with van der Waals surface area (Å²) in [5.41, 5.74) is 0.652. The van der Waals surface area contributed by atoms with Gasteiger partial charge >= 0.3 is 0 Å². The molecule has 2 rings (SSSR count). The molecule has 0 aliphatic carbocycles. The zero-order valence-electron chi connectivity index (χ0n) is 7.29. The Morgan fingerprint density at radius 2 is 1.93 bits per heavy atom. The average Bonchev–Trinajstić information content (AvgIpc) is 2.71. The highest BCUT2D eigenvalue weighted by atomic mass is 16.4. The van der Waals surface area contributed by atoms with Gasteiger partial charge in [-0.15, -0.1) is 0 Å². The molecule has 72 valence electrons. The van der Waals surface area contributed by atoms with Crippen molar-refractivity contribution in [2.45, 2.75) is 6.10 Å². The predicted octanol–water partition coefficient (Wildman–Crippen LogP) is 1.46. The topological polar surface area (TPSA) is 66.5 Å². The molecular formula is C10H9NO3. The number of hydrogen-bond acceptors (Lipinski definition) is 4. The highest BCUT2D eigenvalue weighted by molar-refractivity contribution is 5.29. The van der Waals surface area contributed by atoms with E-state index in [1.165, 1.54) is 24.7 Å². The molecule has 2 N–H and O–H groups in total. The quantitative estimate of drug-likeness (QED) is 0.754. The fourth-order valence-corrected chi connectivity index (χ4v) is 1.18. The molecule has 2 aromatic rings. The Morgan fingerprint density at radius 1 is 1.21 bits per heavy atom. The summed E-state index contributed by atoms with van der Waals surface area (Å²) >= 11 is 0. The second-order valence-electron chi connectivity index (χ2n) is 2.90. The lowest BCUT2D eigenvalue weighted by Gasteiger charge is -2.06. The molecule has 4 heteroatoms. The van der Waals surface area contributed by atoms with Gasteiger partial charge in [-0.05, 0) is 17.7 Å². The van der Waals surface area contributed by atoms with Gasteiger partial charge in [0.05, 0.1) is 6.20 Å². The molecule has 1 heterocycles. The van der Waals surface area contributed by atoms with E-state index in [0.717, 1.165) is 0 Å². The number of phenols is 1. The van der Waals surface area contributed by atoms with E-state index in [1.807, 2.05) is 0 Å². The highest BCUT2D eigenvalue weighted by Gasteiger charge is 2.13. The number of aliphatic hydroxyl groups is 1. The zero-order chi connectivity index (χ0) is 9.97. The first-order chi connectivity index (χ1) is 6.77. The van der Waals surface area contributed by atoms with Crippen LogP contribution in [0, 0.1) is 0 Å². The summed E-state index contributed by atoms with van der Waals surface area (Å²) in [5.74, 6) is 0.550. The van der Waals surface area contributed by atoms with Crippen molar-refractivity contribution in [3.05, 3.63) is 48.2 Å². The first-order valence-electron chi connectivity index (χ1n) is 4.13. The molecule has 0 amide bonds. The predicted molar refractivity (Wildman–Crippen MR) is 48.7 cm³/mol. The third-order valence-electron chi connectivity index (χ3n) is 1.93. The summed E-state index contributed by atoms with van der Waals surface area (Å²) in [6, 6.07) is 6.27. The first-order valence-corrected chi connectivity index (χ1v) is 4.13. The number of hydrogen-bond donors (Lipinski definition) is 2. The fourth-order valence-electron chi connectivity index (χ4n) is 1.18. The summed E-state index contributed by atoms with van der Waals surface area (Å²) < 4.78 is 4.96. The molecule has 14 heavy (non-hydrogen) atoms. The van der Waals surface area contributed by atoms with Gasteiger partial charge < -0.3 is 14.6 Å². The molecule has 0 spiro atoms. The monoisotopic (exact) mass is 191 g/mol. The average molecular weight is 191 g/mol. The van der Waals surface area contributed by atoms with Crippen LogP contribution >= 0.6 is 0 Å². The normalized spacial score (nSPS) is 12.6. The van der Waals surface area contributed by atoms with Crippen LogP contribution in [0.2, 0.25) is 0 Å². The SMILES string of the molecule is Oc1ccc(C(O)c2cnco2)cc1. The largest absolute Gasteiger partial charge is 0.508 e. The lowest BCUT2D eigenvalue weighted by Crippen LogP contribution is -1.97. The molecule has 4 nitrogen and oxygen atoms in total.